The Balaban J connectivity index is 2.08. The minimum Gasteiger partial charge on any atom is -0.195 e. The van der Waals surface area contributed by atoms with Crippen molar-refractivity contribution in [3.05, 3.63) is 44.3 Å². The molecular formula is C15H20N2O2S3. The third-order valence-corrected chi connectivity index (χ3v) is 8.18. The van der Waals surface area contributed by atoms with Gasteiger partial charge >= 0.3 is 0 Å². The normalized spacial score (nSPS) is 19.8. The van der Waals surface area contributed by atoms with Gasteiger partial charge in [-0.05, 0) is 48.7 Å². The van der Waals surface area contributed by atoms with Crippen molar-refractivity contribution in [2.45, 2.75) is 32.4 Å². The molecule has 3 heterocycles. The average molecular weight is 357 g/mol. The van der Waals surface area contributed by atoms with Crippen molar-refractivity contribution in [3.63, 3.8) is 0 Å². The van der Waals surface area contributed by atoms with E-state index in [1.54, 1.807) is 34.0 Å². The molecule has 0 saturated carbocycles. The second-order valence-corrected chi connectivity index (χ2v) is 9.62. The molecular weight excluding hydrogens is 336 g/mol. The van der Waals surface area contributed by atoms with Crippen molar-refractivity contribution >= 4 is 32.9 Å². The highest BCUT2D eigenvalue weighted by Crippen LogP contribution is 2.41. The second-order valence-electron chi connectivity index (χ2n) is 5.70. The van der Waals surface area contributed by atoms with Gasteiger partial charge in [0.05, 0.1) is 6.04 Å². The van der Waals surface area contributed by atoms with Crippen molar-refractivity contribution in [2.24, 2.45) is 0 Å². The standard InChI is InChI=1S/C15H20N2O2S3/c1-11(2)16(3)22(18,19)17-8-6-13-12(7-10-21-13)15(17)14-5-4-9-20-14/h4-5,7,9-11,15H,6,8H2,1-3H3/t15-/m1/s1. The van der Waals surface area contributed by atoms with Crippen LogP contribution < -0.4 is 0 Å². The van der Waals surface area contributed by atoms with Crippen LogP contribution in [0.15, 0.2) is 29.0 Å². The van der Waals surface area contributed by atoms with Crippen molar-refractivity contribution < 1.29 is 8.42 Å². The lowest BCUT2D eigenvalue weighted by molar-refractivity contribution is 0.299. The van der Waals surface area contributed by atoms with Crippen molar-refractivity contribution in [1.82, 2.24) is 8.61 Å². The van der Waals surface area contributed by atoms with Crippen LogP contribution in [0.3, 0.4) is 0 Å². The molecule has 0 bridgehead atoms. The third kappa shape index (κ3) is 2.65. The van der Waals surface area contributed by atoms with Gasteiger partial charge in [-0.2, -0.15) is 17.0 Å². The molecule has 2 aromatic heterocycles. The summed E-state index contributed by atoms with van der Waals surface area (Å²) in [6, 6.07) is 5.83. The minimum absolute atomic E-state index is 0.0575. The summed E-state index contributed by atoms with van der Waals surface area (Å²) in [5, 5.41) is 4.07. The molecule has 2 aromatic rings. The summed E-state index contributed by atoms with van der Waals surface area (Å²) in [4.78, 5) is 2.39. The van der Waals surface area contributed by atoms with E-state index in [0.29, 0.717) is 6.54 Å². The van der Waals surface area contributed by atoms with E-state index in [1.807, 2.05) is 31.4 Å². The molecule has 0 N–H and O–H groups in total. The topological polar surface area (TPSA) is 40.6 Å². The van der Waals surface area contributed by atoms with Crippen LogP contribution in [0, 0.1) is 0 Å². The lowest BCUT2D eigenvalue weighted by Crippen LogP contribution is -2.48. The Morgan fingerprint density at radius 2 is 2.05 bits per heavy atom. The maximum Gasteiger partial charge on any atom is 0.282 e. The predicted octanol–water partition coefficient (Wildman–Crippen LogP) is 3.34. The Morgan fingerprint density at radius 3 is 2.68 bits per heavy atom. The van der Waals surface area contributed by atoms with E-state index in [4.69, 9.17) is 0 Å². The number of rotatable bonds is 4. The van der Waals surface area contributed by atoms with Gasteiger partial charge in [-0.15, -0.1) is 22.7 Å². The first-order chi connectivity index (χ1) is 10.4. The van der Waals surface area contributed by atoms with E-state index >= 15 is 0 Å². The largest absolute Gasteiger partial charge is 0.282 e. The van der Waals surface area contributed by atoms with Crippen LogP contribution in [0.25, 0.3) is 0 Å². The summed E-state index contributed by atoms with van der Waals surface area (Å²) < 4.78 is 29.2. The van der Waals surface area contributed by atoms with Crippen LogP contribution in [-0.4, -0.2) is 36.7 Å². The SMILES string of the molecule is CC(C)N(C)S(=O)(=O)N1CCc2sccc2[C@@H]1c1cccs1. The van der Waals surface area contributed by atoms with Crippen molar-refractivity contribution in [3.8, 4) is 0 Å². The summed E-state index contributed by atoms with van der Waals surface area (Å²) in [6.45, 7) is 4.34. The quantitative estimate of drug-likeness (QED) is 0.843. The lowest BCUT2D eigenvalue weighted by Gasteiger charge is -2.37. The number of hydrogen-bond donors (Lipinski definition) is 0. The highest BCUT2D eigenvalue weighted by Gasteiger charge is 2.40. The minimum atomic E-state index is -3.48. The van der Waals surface area contributed by atoms with E-state index in [0.717, 1.165) is 16.9 Å². The molecule has 0 spiro atoms. The average Bonchev–Trinajstić information content (AvgIpc) is 3.15. The molecule has 120 valence electrons. The monoisotopic (exact) mass is 356 g/mol. The molecule has 7 heteroatoms. The molecule has 1 aliphatic heterocycles. The maximum absolute atomic E-state index is 13.0. The smallest absolute Gasteiger partial charge is 0.195 e. The first kappa shape index (κ1) is 16.1. The summed E-state index contributed by atoms with van der Waals surface area (Å²) in [6.07, 6.45) is 0.792. The van der Waals surface area contributed by atoms with Gasteiger partial charge in [0, 0.05) is 29.4 Å². The van der Waals surface area contributed by atoms with E-state index < -0.39 is 10.2 Å². The Morgan fingerprint density at radius 1 is 1.27 bits per heavy atom. The van der Waals surface area contributed by atoms with Gasteiger partial charge in [0.15, 0.2) is 0 Å². The third-order valence-electron chi connectivity index (χ3n) is 4.12. The Kier molecular flexibility index (Phi) is 4.44. The van der Waals surface area contributed by atoms with Crippen LogP contribution in [0.4, 0.5) is 0 Å². The molecule has 22 heavy (non-hydrogen) atoms. The fourth-order valence-corrected chi connectivity index (χ4v) is 6.22. The van der Waals surface area contributed by atoms with Gasteiger partial charge in [-0.3, -0.25) is 0 Å². The fraction of sp³-hybridized carbons (Fsp3) is 0.467. The number of nitrogens with zero attached hydrogens (tertiary/aromatic N) is 2. The second kappa shape index (κ2) is 6.05. The van der Waals surface area contributed by atoms with E-state index in [9.17, 15) is 8.42 Å². The van der Waals surface area contributed by atoms with Crippen molar-refractivity contribution in [1.29, 1.82) is 0 Å². The molecule has 0 aromatic carbocycles. The van der Waals surface area contributed by atoms with Gasteiger partial charge in [0.25, 0.3) is 10.2 Å². The molecule has 1 atom stereocenters. The Labute approximate surface area is 140 Å². The van der Waals surface area contributed by atoms with Crippen molar-refractivity contribution in [2.75, 3.05) is 13.6 Å². The van der Waals surface area contributed by atoms with Crippen LogP contribution in [0.2, 0.25) is 0 Å². The molecule has 0 unspecified atom stereocenters. The molecule has 4 nitrogen and oxygen atoms in total. The van der Waals surface area contributed by atoms with E-state index in [1.165, 1.54) is 9.18 Å². The number of hydrogen-bond acceptors (Lipinski definition) is 4. The molecule has 3 rings (SSSR count). The summed E-state index contributed by atoms with van der Waals surface area (Å²) in [7, 11) is -1.82. The zero-order valence-corrected chi connectivity index (χ0v) is 15.3. The van der Waals surface area contributed by atoms with Gasteiger partial charge in [-0.1, -0.05) is 6.07 Å². The molecule has 0 saturated heterocycles. The van der Waals surface area contributed by atoms with Gasteiger partial charge in [0.2, 0.25) is 0 Å². The predicted molar refractivity (Wildman–Crippen MR) is 92.7 cm³/mol. The highest BCUT2D eigenvalue weighted by molar-refractivity contribution is 7.86. The highest BCUT2D eigenvalue weighted by atomic mass is 32.2. The Bertz CT molecular complexity index is 735. The molecule has 1 aliphatic rings. The Hall–Kier alpha value is -0.730. The van der Waals surface area contributed by atoms with Crippen LogP contribution in [0.1, 0.15) is 35.2 Å². The first-order valence-corrected chi connectivity index (χ1v) is 10.4. The zero-order chi connectivity index (χ0) is 15.9. The fourth-order valence-electron chi connectivity index (χ4n) is 2.72. The number of thiophene rings is 2. The van der Waals surface area contributed by atoms with Gasteiger partial charge < -0.3 is 0 Å². The summed E-state index contributed by atoms with van der Waals surface area (Å²) in [5.74, 6) is 0. The van der Waals surface area contributed by atoms with Crippen LogP contribution >= 0.6 is 22.7 Å². The summed E-state index contributed by atoms with van der Waals surface area (Å²) >= 11 is 3.34. The van der Waals surface area contributed by atoms with Gasteiger partial charge in [-0.25, -0.2) is 0 Å². The molecule has 0 amide bonds. The first-order valence-electron chi connectivity index (χ1n) is 7.27. The molecule has 0 fully saturated rings. The maximum atomic E-state index is 13.0. The van der Waals surface area contributed by atoms with Gasteiger partial charge in [0.1, 0.15) is 0 Å². The number of fused-ring (bicyclic) bond motifs is 1. The molecule has 0 aliphatic carbocycles. The van der Waals surface area contributed by atoms with Crippen LogP contribution in [-0.2, 0) is 16.6 Å². The zero-order valence-electron chi connectivity index (χ0n) is 12.9. The van der Waals surface area contributed by atoms with E-state index in [2.05, 4.69) is 11.4 Å². The lowest BCUT2D eigenvalue weighted by atomic mass is 10.0. The van der Waals surface area contributed by atoms with E-state index in [-0.39, 0.29) is 12.1 Å². The summed E-state index contributed by atoms with van der Waals surface area (Å²) in [5.41, 5.74) is 1.14. The molecule has 0 radical (unpaired) electrons. The van der Waals surface area contributed by atoms with Crippen LogP contribution in [0.5, 0.6) is 0 Å².